The van der Waals surface area contributed by atoms with Crippen LogP contribution in [0.15, 0.2) is 30.3 Å². The van der Waals surface area contributed by atoms with Gasteiger partial charge in [0.25, 0.3) is 5.91 Å². The van der Waals surface area contributed by atoms with Crippen LogP contribution in [0.2, 0.25) is 0 Å². The average molecular weight is 322 g/mol. The molecule has 3 N–H and O–H groups in total. The van der Waals surface area contributed by atoms with Gasteiger partial charge in [0.2, 0.25) is 5.72 Å². The minimum absolute atomic E-state index is 0.146. The first-order valence-corrected chi connectivity index (χ1v) is 7.73. The van der Waals surface area contributed by atoms with Gasteiger partial charge in [0.1, 0.15) is 0 Å². The standard InChI is InChI=1S/C17H26N2O4/c1-12(2)17(22,19-16(21)23-4)15(20)18-13(3)10-11-14-8-6-5-7-9-14/h5-9,12-13,22H,10-11H2,1-4H3,(H,18,20)(H,19,21)/t13-,17+/m0/s1. The molecule has 0 aliphatic rings. The van der Waals surface area contributed by atoms with Gasteiger partial charge >= 0.3 is 6.09 Å². The molecule has 0 heterocycles. The maximum atomic E-state index is 12.3. The Bertz CT molecular complexity index is 519. The number of aryl methyl sites for hydroxylation is 1. The van der Waals surface area contributed by atoms with Gasteiger partial charge in [-0.15, -0.1) is 0 Å². The Morgan fingerprint density at radius 1 is 1.22 bits per heavy atom. The van der Waals surface area contributed by atoms with Crippen molar-refractivity contribution in [2.45, 2.75) is 45.4 Å². The van der Waals surface area contributed by atoms with E-state index in [0.717, 1.165) is 12.8 Å². The number of nitrogens with one attached hydrogen (secondary N) is 2. The molecule has 1 aromatic carbocycles. The number of carbonyl (C=O) groups excluding carboxylic acids is 2. The smallest absolute Gasteiger partial charge is 0.409 e. The lowest BCUT2D eigenvalue weighted by atomic mass is 9.97. The molecule has 1 rings (SSSR count). The van der Waals surface area contributed by atoms with Crippen molar-refractivity contribution in [3.8, 4) is 0 Å². The summed E-state index contributed by atoms with van der Waals surface area (Å²) in [5.74, 6) is -1.15. The van der Waals surface area contributed by atoms with Gasteiger partial charge in [-0.2, -0.15) is 0 Å². The summed E-state index contributed by atoms with van der Waals surface area (Å²) in [6, 6.07) is 9.80. The largest absolute Gasteiger partial charge is 0.453 e. The monoisotopic (exact) mass is 322 g/mol. The number of hydrogen-bond acceptors (Lipinski definition) is 4. The fraction of sp³-hybridized carbons (Fsp3) is 0.529. The van der Waals surface area contributed by atoms with Gasteiger partial charge in [-0.05, 0) is 25.3 Å². The van der Waals surface area contributed by atoms with Crippen molar-refractivity contribution in [1.29, 1.82) is 0 Å². The highest BCUT2D eigenvalue weighted by Crippen LogP contribution is 2.15. The van der Waals surface area contributed by atoms with Crippen molar-refractivity contribution >= 4 is 12.0 Å². The van der Waals surface area contributed by atoms with Gasteiger partial charge in [-0.3, -0.25) is 10.1 Å². The number of rotatable bonds is 7. The molecule has 0 aromatic heterocycles. The third-order valence-corrected chi connectivity index (χ3v) is 3.75. The minimum atomic E-state index is -2.01. The summed E-state index contributed by atoms with van der Waals surface area (Å²) < 4.78 is 4.47. The number of alkyl carbamates (subject to hydrolysis) is 1. The fourth-order valence-electron chi connectivity index (χ4n) is 2.10. The second-order valence-corrected chi connectivity index (χ2v) is 5.94. The molecule has 0 aliphatic carbocycles. The topological polar surface area (TPSA) is 87.7 Å². The lowest BCUT2D eigenvalue weighted by molar-refractivity contribution is -0.148. The zero-order valence-corrected chi connectivity index (χ0v) is 14.1. The molecule has 0 aliphatic heterocycles. The third kappa shape index (κ3) is 5.56. The Labute approximate surface area is 137 Å². The number of ether oxygens (including phenoxy) is 1. The highest BCUT2D eigenvalue weighted by molar-refractivity contribution is 5.88. The highest BCUT2D eigenvalue weighted by Gasteiger charge is 2.41. The molecule has 128 valence electrons. The van der Waals surface area contributed by atoms with E-state index in [2.05, 4.69) is 15.4 Å². The molecule has 0 spiro atoms. The van der Waals surface area contributed by atoms with E-state index in [1.165, 1.54) is 12.7 Å². The predicted molar refractivity (Wildman–Crippen MR) is 87.7 cm³/mol. The average Bonchev–Trinajstić information content (AvgIpc) is 2.53. The van der Waals surface area contributed by atoms with E-state index >= 15 is 0 Å². The molecule has 0 bridgehead atoms. The van der Waals surface area contributed by atoms with Crippen LogP contribution in [0, 0.1) is 5.92 Å². The maximum Gasteiger partial charge on any atom is 0.409 e. The summed E-state index contributed by atoms with van der Waals surface area (Å²) in [4.78, 5) is 23.7. The number of benzene rings is 1. The van der Waals surface area contributed by atoms with Crippen molar-refractivity contribution in [3.63, 3.8) is 0 Å². The number of carbonyl (C=O) groups is 2. The summed E-state index contributed by atoms with van der Waals surface area (Å²) >= 11 is 0. The Morgan fingerprint density at radius 2 is 1.83 bits per heavy atom. The molecule has 0 unspecified atom stereocenters. The zero-order chi connectivity index (χ0) is 17.5. The summed E-state index contributed by atoms with van der Waals surface area (Å²) in [5, 5.41) is 15.4. The van der Waals surface area contributed by atoms with Crippen LogP contribution in [-0.4, -0.2) is 36.0 Å². The molecule has 0 radical (unpaired) electrons. The number of methoxy groups -OCH3 is 1. The molecule has 6 nitrogen and oxygen atoms in total. The molecule has 23 heavy (non-hydrogen) atoms. The molecular formula is C17H26N2O4. The summed E-state index contributed by atoms with van der Waals surface area (Å²) in [7, 11) is 1.18. The Morgan fingerprint density at radius 3 is 2.35 bits per heavy atom. The highest BCUT2D eigenvalue weighted by atomic mass is 16.5. The first-order chi connectivity index (χ1) is 10.8. The first kappa shape index (κ1) is 19.0. The van der Waals surface area contributed by atoms with Crippen molar-refractivity contribution < 1.29 is 19.4 Å². The SMILES string of the molecule is COC(=O)N[C@](O)(C(=O)N[C@@H](C)CCc1ccccc1)C(C)C. The van der Waals surface area contributed by atoms with E-state index in [0.29, 0.717) is 0 Å². The quantitative estimate of drug-likeness (QED) is 0.668. The van der Waals surface area contributed by atoms with Crippen LogP contribution in [0.5, 0.6) is 0 Å². The van der Waals surface area contributed by atoms with Crippen LogP contribution >= 0.6 is 0 Å². The zero-order valence-electron chi connectivity index (χ0n) is 14.1. The van der Waals surface area contributed by atoms with Gasteiger partial charge in [0.05, 0.1) is 7.11 Å². The van der Waals surface area contributed by atoms with Crippen LogP contribution in [0.1, 0.15) is 32.8 Å². The van der Waals surface area contributed by atoms with Crippen molar-refractivity contribution in [2.75, 3.05) is 7.11 Å². The van der Waals surface area contributed by atoms with Crippen molar-refractivity contribution in [3.05, 3.63) is 35.9 Å². The molecule has 1 aromatic rings. The third-order valence-electron chi connectivity index (χ3n) is 3.75. The molecule has 0 fully saturated rings. The normalized spacial score (nSPS) is 14.7. The van der Waals surface area contributed by atoms with E-state index < -0.39 is 23.6 Å². The van der Waals surface area contributed by atoms with Crippen LogP contribution in [0.3, 0.4) is 0 Å². The Hall–Kier alpha value is -2.08. The minimum Gasteiger partial charge on any atom is -0.453 e. The van der Waals surface area contributed by atoms with Gasteiger partial charge in [0.15, 0.2) is 0 Å². The van der Waals surface area contributed by atoms with E-state index in [1.54, 1.807) is 13.8 Å². The second kappa shape index (κ2) is 8.53. The number of amides is 2. The van der Waals surface area contributed by atoms with E-state index in [1.807, 2.05) is 37.3 Å². The molecule has 2 atom stereocenters. The van der Waals surface area contributed by atoms with E-state index in [4.69, 9.17) is 0 Å². The van der Waals surface area contributed by atoms with Gasteiger partial charge in [0, 0.05) is 12.0 Å². The van der Waals surface area contributed by atoms with Crippen LogP contribution in [0.4, 0.5) is 4.79 Å². The molecule has 0 saturated carbocycles. The first-order valence-electron chi connectivity index (χ1n) is 7.73. The van der Waals surface area contributed by atoms with Crippen molar-refractivity contribution in [2.24, 2.45) is 5.92 Å². The van der Waals surface area contributed by atoms with Crippen LogP contribution < -0.4 is 10.6 Å². The number of aliphatic hydroxyl groups is 1. The van der Waals surface area contributed by atoms with Gasteiger partial charge in [-0.25, -0.2) is 4.79 Å². The Kier molecular flexibility index (Phi) is 7.03. The predicted octanol–water partition coefficient (Wildman–Crippen LogP) is 1.82. The van der Waals surface area contributed by atoms with Crippen molar-refractivity contribution in [1.82, 2.24) is 10.6 Å². The molecule has 6 heteroatoms. The summed E-state index contributed by atoms with van der Waals surface area (Å²) in [6.07, 6.45) is 0.683. The molecule has 0 saturated heterocycles. The number of hydrogen-bond donors (Lipinski definition) is 3. The van der Waals surface area contributed by atoms with Crippen LogP contribution in [-0.2, 0) is 16.0 Å². The Balaban J connectivity index is 2.61. The van der Waals surface area contributed by atoms with Crippen LogP contribution in [0.25, 0.3) is 0 Å². The lowest BCUT2D eigenvalue weighted by Crippen LogP contribution is -2.63. The molecule has 2 amide bonds. The maximum absolute atomic E-state index is 12.3. The van der Waals surface area contributed by atoms with E-state index in [9.17, 15) is 14.7 Å². The summed E-state index contributed by atoms with van der Waals surface area (Å²) in [5.41, 5.74) is -0.825. The van der Waals surface area contributed by atoms with Gasteiger partial charge in [-0.1, -0.05) is 44.2 Å². The fourth-order valence-corrected chi connectivity index (χ4v) is 2.10. The second-order valence-electron chi connectivity index (χ2n) is 5.94. The van der Waals surface area contributed by atoms with E-state index in [-0.39, 0.29) is 6.04 Å². The lowest BCUT2D eigenvalue weighted by Gasteiger charge is -2.32. The van der Waals surface area contributed by atoms with Gasteiger partial charge < -0.3 is 15.2 Å². The summed E-state index contributed by atoms with van der Waals surface area (Å²) in [6.45, 7) is 5.15. The molecular weight excluding hydrogens is 296 g/mol.